The molecule has 16 heavy (non-hydrogen) atoms. The van der Waals surface area contributed by atoms with E-state index in [4.69, 9.17) is 0 Å². The lowest BCUT2D eigenvalue weighted by Gasteiger charge is -2.25. The molecule has 1 fully saturated rings. The van der Waals surface area contributed by atoms with Crippen LogP contribution in [0.3, 0.4) is 0 Å². The zero-order valence-corrected chi connectivity index (χ0v) is 9.52. The van der Waals surface area contributed by atoms with Crippen LogP contribution < -0.4 is 0 Å². The number of rotatable bonds is 3. The van der Waals surface area contributed by atoms with E-state index in [0.29, 0.717) is 12.8 Å². The fourth-order valence-electron chi connectivity index (χ4n) is 2.00. The largest absolute Gasteiger partial charge is 0.469 e. The number of carbonyl (C=O) groups is 3. The van der Waals surface area contributed by atoms with E-state index in [9.17, 15) is 14.4 Å². The van der Waals surface area contributed by atoms with Gasteiger partial charge in [0.1, 0.15) is 5.92 Å². The Morgan fingerprint density at radius 3 is 2.50 bits per heavy atom. The molecule has 5 nitrogen and oxygen atoms in total. The highest BCUT2D eigenvalue weighted by molar-refractivity contribution is 6.01. The van der Waals surface area contributed by atoms with Crippen LogP contribution in [0.25, 0.3) is 0 Å². The van der Waals surface area contributed by atoms with Gasteiger partial charge < -0.3 is 9.47 Å². The number of ketones is 1. The third-order valence-corrected chi connectivity index (χ3v) is 2.92. The van der Waals surface area contributed by atoms with Crippen LogP contribution in [0.1, 0.15) is 25.7 Å². The molecule has 1 aliphatic rings. The fraction of sp³-hybridized carbons (Fsp3) is 0.727. The number of methoxy groups -OCH3 is 2. The first-order valence-corrected chi connectivity index (χ1v) is 5.28. The predicted molar refractivity (Wildman–Crippen MR) is 54.5 cm³/mol. The van der Waals surface area contributed by atoms with Crippen LogP contribution in [-0.4, -0.2) is 31.9 Å². The molecule has 0 heterocycles. The average molecular weight is 228 g/mol. The van der Waals surface area contributed by atoms with E-state index in [1.165, 1.54) is 14.2 Å². The molecule has 1 aliphatic carbocycles. The van der Waals surface area contributed by atoms with Gasteiger partial charge in [0.05, 0.1) is 20.6 Å². The molecule has 0 saturated heterocycles. The van der Waals surface area contributed by atoms with Gasteiger partial charge in [-0.15, -0.1) is 0 Å². The number of hydrogen-bond acceptors (Lipinski definition) is 5. The maximum atomic E-state index is 11.9. The highest BCUT2D eigenvalue weighted by Gasteiger charge is 2.37. The zero-order valence-electron chi connectivity index (χ0n) is 9.52. The number of esters is 2. The van der Waals surface area contributed by atoms with E-state index in [0.717, 1.165) is 6.42 Å². The Morgan fingerprint density at radius 2 is 1.94 bits per heavy atom. The summed E-state index contributed by atoms with van der Waals surface area (Å²) in [5.74, 6) is -2.20. The van der Waals surface area contributed by atoms with Crippen LogP contribution >= 0.6 is 0 Å². The molecule has 2 unspecified atom stereocenters. The summed E-state index contributed by atoms with van der Waals surface area (Å²) < 4.78 is 9.08. The Hall–Kier alpha value is -1.39. The van der Waals surface area contributed by atoms with Crippen molar-refractivity contribution in [3.05, 3.63) is 0 Å². The molecule has 1 saturated carbocycles. The van der Waals surface area contributed by atoms with Crippen molar-refractivity contribution >= 4 is 17.7 Å². The summed E-state index contributed by atoms with van der Waals surface area (Å²) in [5, 5.41) is 0. The fourth-order valence-corrected chi connectivity index (χ4v) is 2.00. The van der Waals surface area contributed by atoms with Gasteiger partial charge in [-0.3, -0.25) is 14.4 Å². The smallest absolute Gasteiger partial charge is 0.316 e. The van der Waals surface area contributed by atoms with Crippen LogP contribution in [0.2, 0.25) is 0 Å². The Labute approximate surface area is 94.1 Å². The van der Waals surface area contributed by atoms with Crippen molar-refractivity contribution in [3.63, 3.8) is 0 Å². The van der Waals surface area contributed by atoms with E-state index < -0.39 is 23.8 Å². The summed E-state index contributed by atoms with van der Waals surface area (Å²) in [6.45, 7) is 0. The van der Waals surface area contributed by atoms with Crippen molar-refractivity contribution in [3.8, 4) is 0 Å². The van der Waals surface area contributed by atoms with Gasteiger partial charge in [0, 0.05) is 5.92 Å². The minimum Gasteiger partial charge on any atom is -0.469 e. The van der Waals surface area contributed by atoms with Crippen LogP contribution in [0, 0.1) is 11.8 Å². The first kappa shape index (κ1) is 12.7. The van der Waals surface area contributed by atoms with Gasteiger partial charge in [-0.25, -0.2) is 0 Å². The molecule has 0 spiro atoms. The second-order valence-corrected chi connectivity index (χ2v) is 3.89. The first-order chi connectivity index (χ1) is 7.60. The molecule has 0 amide bonds. The molecular formula is C11H16O5. The maximum absolute atomic E-state index is 11.9. The topological polar surface area (TPSA) is 69.7 Å². The van der Waals surface area contributed by atoms with E-state index in [-0.39, 0.29) is 12.2 Å². The Kier molecular flexibility index (Phi) is 4.46. The maximum Gasteiger partial charge on any atom is 0.316 e. The summed E-state index contributed by atoms with van der Waals surface area (Å²) in [6.07, 6.45) is 1.97. The normalized spacial score (nSPS) is 25.0. The third-order valence-electron chi connectivity index (χ3n) is 2.92. The van der Waals surface area contributed by atoms with Crippen LogP contribution in [0.15, 0.2) is 0 Å². The Bertz CT molecular complexity index is 297. The van der Waals surface area contributed by atoms with Crippen molar-refractivity contribution in [1.82, 2.24) is 0 Å². The van der Waals surface area contributed by atoms with Crippen LogP contribution in [0.4, 0.5) is 0 Å². The number of Topliss-reactive ketones (excluding diaryl/α,β-unsaturated/α-hetero) is 1. The van der Waals surface area contributed by atoms with Gasteiger partial charge in [-0.05, 0) is 12.8 Å². The van der Waals surface area contributed by atoms with Gasteiger partial charge in [0.15, 0.2) is 5.78 Å². The molecule has 0 bridgehead atoms. The van der Waals surface area contributed by atoms with Crippen molar-refractivity contribution in [1.29, 1.82) is 0 Å². The number of carbonyl (C=O) groups excluding carboxylic acids is 3. The predicted octanol–water partition coefficient (Wildman–Crippen LogP) is 0.708. The molecule has 0 aromatic rings. The molecule has 90 valence electrons. The number of hydrogen-bond donors (Lipinski definition) is 0. The zero-order chi connectivity index (χ0) is 12.1. The minimum absolute atomic E-state index is 0.0584. The van der Waals surface area contributed by atoms with Gasteiger partial charge >= 0.3 is 11.9 Å². The molecule has 5 heteroatoms. The quantitative estimate of drug-likeness (QED) is 0.525. The standard InChI is InChI=1S/C11H16O5/c1-15-9(12)6-7-4-3-5-8(10(7)13)11(14)16-2/h7-8H,3-6H2,1-2H3. The van der Waals surface area contributed by atoms with E-state index in [1.807, 2.05) is 0 Å². The SMILES string of the molecule is COC(=O)CC1CCCC(C(=O)OC)C1=O. The lowest BCUT2D eigenvalue weighted by molar-refractivity contribution is -0.154. The highest BCUT2D eigenvalue weighted by atomic mass is 16.5. The van der Waals surface area contributed by atoms with Crippen LogP contribution in [0.5, 0.6) is 0 Å². The summed E-state index contributed by atoms with van der Waals surface area (Å²) in [5.41, 5.74) is 0. The first-order valence-electron chi connectivity index (χ1n) is 5.28. The minimum atomic E-state index is -0.701. The highest BCUT2D eigenvalue weighted by Crippen LogP contribution is 2.28. The summed E-state index contributed by atoms with van der Waals surface area (Å²) >= 11 is 0. The molecular weight excluding hydrogens is 212 g/mol. The Balaban J connectivity index is 2.64. The molecule has 1 rings (SSSR count). The van der Waals surface area contributed by atoms with Crippen LogP contribution in [-0.2, 0) is 23.9 Å². The van der Waals surface area contributed by atoms with Crippen molar-refractivity contribution < 1.29 is 23.9 Å². The lowest BCUT2D eigenvalue weighted by Crippen LogP contribution is -2.35. The van der Waals surface area contributed by atoms with Gasteiger partial charge in [-0.2, -0.15) is 0 Å². The molecule has 0 radical (unpaired) electrons. The third kappa shape index (κ3) is 2.81. The summed E-state index contributed by atoms with van der Waals surface area (Å²) in [6, 6.07) is 0. The van der Waals surface area contributed by atoms with E-state index in [2.05, 4.69) is 9.47 Å². The monoisotopic (exact) mass is 228 g/mol. The molecule has 2 atom stereocenters. The second kappa shape index (κ2) is 5.63. The molecule has 0 aliphatic heterocycles. The van der Waals surface area contributed by atoms with Gasteiger partial charge in [0.25, 0.3) is 0 Å². The summed E-state index contributed by atoms with van der Waals surface area (Å²) in [4.78, 5) is 34.3. The molecule has 0 N–H and O–H groups in total. The van der Waals surface area contributed by atoms with Gasteiger partial charge in [-0.1, -0.05) is 6.42 Å². The van der Waals surface area contributed by atoms with Gasteiger partial charge in [0.2, 0.25) is 0 Å². The van der Waals surface area contributed by atoms with Crippen molar-refractivity contribution in [2.75, 3.05) is 14.2 Å². The summed E-state index contributed by atoms with van der Waals surface area (Å²) in [7, 11) is 2.55. The average Bonchev–Trinajstić information content (AvgIpc) is 2.30. The van der Waals surface area contributed by atoms with E-state index >= 15 is 0 Å². The van der Waals surface area contributed by atoms with Crippen molar-refractivity contribution in [2.24, 2.45) is 11.8 Å². The van der Waals surface area contributed by atoms with E-state index in [1.54, 1.807) is 0 Å². The second-order valence-electron chi connectivity index (χ2n) is 3.89. The molecule has 0 aromatic carbocycles. The lowest BCUT2D eigenvalue weighted by atomic mass is 9.78. The Morgan fingerprint density at radius 1 is 1.25 bits per heavy atom. The van der Waals surface area contributed by atoms with Crippen molar-refractivity contribution in [2.45, 2.75) is 25.7 Å². The number of ether oxygens (including phenoxy) is 2. The molecule has 0 aromatic heterocycles.